The first-order valence-corrected chi connectivity index (χ1v) is 10.8. The summed E-state index contributed by atoms with van der Waals surface area (Å²) in [5.74, 6) is -0.387. The predicted octanol–water partition coefficient (Wildman–Crippen LogP) is 5.76. The number of benzene rings is 2. The van der Waals surface area contributed by atoms with E-state index in [-0.39, 0.29) is 23.4 Å². The van der Waals surface area contributed by atoms with Gasteiger partial charge in [0.25, 0.3) is 16.8 Å². The number of hydrogen-bond acceptors (Lipinski definition) is 5. The number of nitro benzene ring substituents is 1. The second-order valence-corrected chi connectivity index (χ2v) is 8.45. The molecule has 0 spiro atoms. The molecule has 2 heterocycles. The van der Waals surface area contributed by atoms with E-state index in [1.54, 1.807) is 18.2 Å². The van der Waals surface area contributed by atoms with E-state index in [4.69, 9.17) is 0 Å². The minimum absolute atomic E-state index is 0.00167. The lowest BCUT2D eigenvalue weighted by Gasteiger charge is -2.12. The quantitative estimate of drug-likeness (QED) is 0.279. The third-order valence-electron chi connectivity index (χ3n) is 5.46. The monoisotopic (exact) mass is 435 g/mol. The Bertz CT molecular complexity index is 1230. The van der Waals surface area contributed by atoms with Crippen LogP contribution < -0.4 is 0 Å². The Morgan fingerprint density at radius 3 is 2.68 bits per heavy atom. The molecule has 0 bridgehead atoms. The van der Waals surface area contributed by atoms with Crippen LogP contribution in [0.4, 0.5) is 10.5 Å². The maximum Gasteiger partial charge on any atom is 0.293 e. The summed E-state index contributed by atoms with van der Waals surface area (Å²) in [6.07, 6.45) is 4.75. The molecule has 0 aliphatic carbocycles. The van der Waals surface area contributed by atoms with Crippen LogP contribution in [-0.2, 0) is 11.3 Å². The molecule has 2 amide bonds. The number of carbonyl (C=O) groups excluding carboxylic acids is 2. The highest BCUT2D eigenvalue weighted by atomic mass is 32.2. The van der Waals surface area contributed by atoms with Gasteiger partial charge in [-0.05, 0) is 42.8 Å². The highest BCUT2D eigenvalue weighted by Gasteiger charge is 2.35. The smallest absolute Gasteiger partial charge is 0.293 e. The average Bonchev–Trinajstić information content (AvgIpc) is 3.26. The summed E-state index contributed by atoms with van der Waals surface area (Å²) in [5, 5.41) is 11.6. The van der Waals surface area contributed by atoms with Crippen LogP contribution in [0.2, 0.25) is 0 Å². The number of carbonyl (C=O) groups is 2. The van der Waals surface area contributed by atoms with Gasteiger partial charge in [-0.1, -0.05) is 37.3 Å². The zero-order chi connectivity index (χ0) is 22.1. The van der Waals surface area contributed by atoms with Crippen molar-refractivity contribution in [1.82, 2.24) is 9.47 Å². The van der Waals surface area contributed by atoms with Crippen LogP contribution in [0.1, 0.15) is 37.4 Å². The molecule has 1 atom stereocenters. The van der Waals surface area contributed by atoms with Crippen LogP contribution in [0, 0.1) is 10.1 Å². The fraction of sp³-hybridized carbons (Fsp3) is 0.217. The molecule has 1 aliphatic heterocycles. The molecule has 2 aromatic carbocycles. The van der Waals surface area contributed by atoms with E-state index < -0.39 is 4.92 Å². The van der Waals surface area contributed by atoms with Gasteiger partial charge < -0.3 is 4.57 Å². The van der Waals surface area contributed by atoms with Crippen LogP contribution >= 0.6 is 11.8 Å². The van der Waals surface area contributed by atoms with E-state index >= 15 is 0 Å². The van der Waals surface area contributed by atoms with Crippen LogP contribution in [0.25, 0.3) is 17.0 Å². The number of amides is 2. The zero-order valence-corrected chi connectivity index (χ0v) is 18.0. The number of non-ortho nitro benzene ring substituents is 1. The van der Waals surface area contributed by atoms with E-state index in [0.717, 1.165) is 39.5 Å². The molecule has 158 valence electrons. The van der Waals surface area contributed by atoms with Crippen molar-refractivity contribution in [3.8, 4) is 0 Å². The standard InChI is InChI=1S/C23H21N3O4S/c1-3-15(2)24-14-17(19-9-4-5-10-20(19)24)12-21-22(27)25(23(28)31-21)13-16-7-6-8-18(11-16)26(29)30/h4-12,14-15H,3,13H2,1-2H3/b21-12-. The summed E-state index contributed by atoms with van der Waals surface area (Å²) in [5.41, 5.74) is 2.43. The van der Waals surface area contributed by atoms with Gasteiger partial charge in [-0.3, -0.25) is 24.6 Å². The van der Waals surface area contributed by atoms with Crippen LogP contribution in [-0.4, -0.2) is 25.5 Å². The number of fused-ring (bicyclic) bond motifs is 1. The van der Waals surface area contributed by atoms with Crippen molar-refractivity contribution in [1.29, 1.82) is 0 Å². The second-order valence-electron chi connectivity index (χ2n) is 7.46. The van der Waals surface area contributed by atoms with Crippen molar-refractivity contribution in [3.05, 3.63) is 80.9 Å². The van der Waals surface area contributed by atoms with Gasteiger partial charge in [-0.2, -0.15) is 0 Å². The Morgan fingerprint density at radius 2 is 1.94 bits per heavy atom. The van der Waals surface area contributed by atoms with Gasteiger partial charge in [0.1, 0.15) is 0 Å². The summed E-state index contributed by atoms with van der Waals surface area (Å²) in [7, 11) is 0. The van der Waals surface area contributed by atoms with Gasteiger partial charge in [0.05, 0.1) is 16.4 Å². The molecule has 3 aromatic rings. The van der Waals surface area contributed by atoms with E-state index in [1.165, 1.54) is 12.1 Å². The summed E-state index contributed by atoms with van der Waals surface area (Å²) in [6, 6.07) is 14.3. The lowest BCUT2D eigenvalue weighted by Crippen LogP contribution is -2.27. The molecule has 4 rings (SSSR count). The number of hydrogen-bond donors (Lipinski definition) is 0. The number of aromatic nitrogens is 1. The lowest BCUT2D eigenvalue weighted by atomic mass is 10.1. The lowest BCUT2D eigenvalue weighted by molar-refractivity contribution is -0.384. The molecule has 7 nitrogen and oxygen atoms in total. The summed E-state index contributed by atoms with van der Waals surface area (Å²) in [4.78, 5) is 37.4. The van der Waals surface area contributed by atoms with Crippen LogP contribution in [0.15, 0.2) is 59.6 Å². The van der Waals surface area contributed by atoms with Gasteiger partial charge in [0.2, 0.25) is 0 Å². The van der Waals surface area contributed by atoms with Crippen molar-refractivity contribution >= 4 is 45.6 Å². The first kappa shape index (κ1) is 20.9. The maximum atomic E-state index is 13.0. The number of para-hydroxylation sites is 1. The predicted molar refractivity (Wildman–Crippen MR) is 122 cm³/mol. The molecule has 1 fully saturated rings. The third-order valence-corrected chi connectivity index (χ3v) is 6.37. The van der Waals surface area contributed by atoms with Gasteiger partial charge >= 0.3 is 0 Å². The molecule has 8 heteroatoms. The largest absolute Gasteiger partial charge is 0.344 e. The van der Waals surface area contributed by atoms with E-state index in [0.29, 0.717) is 16.5 Å². The first-order chi connectivity index (χ1) is 14.9. The average molecular weight is 436 g/mol. The third kappa shape index (κ3) is 3.98. The van der Waals surface area contributed by atoms with Crippen molar-refractivity contribution in [2.45, 2.75) is 32.9 Å². The van der Waals surface area contributed by atoms with E-state index in [2.05, 4.69) is 18.4 Å². The minimum Gasteiger partial charge on any atom is -0.344 e. The normalized spacial score (nSPS) is 16.5. The Hall–Kier alpha value is -3.39. The summed E-state index contributed by atoms with van der Waals surface area (Å²) in [6.45, 7) is 4.26. The highest BCUT2D eigenvalue weighted by Crippen LogP contribution is 2.36. The van der Waals surface area contributed by atoms with E-state index in [9.17, 15) is 19.7 Å². The Kier molecular flexibility index (Phi) is 5.65. The fourth-order valence-electron chi connectivity index (χ4n) is 3.64. The highest BCUT2D eigenvalue weighted by molar-refractivity contribution is 8.18. The fourth-order valence-corrected chi connectivity index (χ4v) is 4.47. The Labute approximate surface area is 183 Å². The molecule has 1 unspecified atom stereocenters. The SMILES string of the molecule is CCC(C)n1cc(/C=C2\SC(=O)N(Cc3cccc([N+](=O)[O-])c3)C2=O)c2ccccc21. The molecular formula is C23H21N3O4S. The Balaban J connectivity index is 1.65. The molecular weight excluding hydrogens is 414 g/mol. The number of thioether (sulfide) groups is 1. The summed E-state index contributed by atoms with van der Waals surface area (Å²) >= 11 is 0.894. The van der Waals surface area contributed by atoms with Crippen molar-refractivity contribution in [3.63, 3.8) is 0 Å². The molecule has 31 heavy (non-hydrogen) atoms. The molecule has 0 saturated carbocycles. The number of rotatable bonds is 6. The van der Waals surface area contributed by atoms with Crippen molar-refractivity contribution in [2.24, 2.45) is 0 Å². The first-order valence-electron chi connectivity index (χ1n) is 9.97. The molecule has 0 N–H and O–H groups in total. The van der Waals surface area contributed by atoms with Crippen LogP contribution in [0.5, 0.6) is 0 Å². The van der Waals surface area contributed by atoms with Crippen molar-refractivity contribution in [2.75, 3.05) is 0 Å². The van der Waals surface area contributed by atoms with Gasteiger partial charge in [-0.15, -0.1) is 0 Å². The van der Waals surface area contributed by atoms with Crippen LogP contribution in [0.3, 0.4) is 0 Å². The Morgan fingerprint density at radius 1 is 1.16 bits per heavy atom. The molecule has 1 aliphatic rings. The number of nitro groups is 1. The topological polar surface area (TPSA) is 85.4 Å². The van der Waals surface area contributed by atoms with Crippen molar-refractivity contribution < 1.29 is 14.5 Å². The van der Waals surface area contributed by atoms with E-state index in [1.807, 2.05) is 30.5 Å². The number of nitrogens with zero attached hydrogens (tertiary/aromatic N) is 3. The van der Waals surface area contributed by atoms with Gasteiger partial charge in [0, 0.05) is 40.8 Å². The second kappa shape index (κ2) is 8.39. The summed E-state index contributed by atoms with van der Waals surface area (Å²) < 4.78 is 2.19. The van der Waals surface area contributed by atoms with Gasteiger partial charge in [0.15, 0.2) is 0 Å². The minimum atomic E-state index is -0.496. The van der Waals surface area contributed by atoms with Gasteiger partial charge in [-0.25, -0.2) is 0 Å². The zero-order valence-electron chi connectivity index (χ0n) is 17.1. The molecule has 0 radical (unpaired) electrons. The number of imide groups is 1. The molecule has 1 aromatic heterocycles. The molecule has 1 saturated heterocycles. The maximum absolute atomic E-state index is 13.0.